The van der Waals surface area contributed by atoms with Crippen LogP contribution in [0.1, 0.15) is 26.2 Å². The van der Waals surface area contributed by atoms with Crippen molar-refractivity contribution < 1.29 is 24.6 Å². The molecule has 0 fully saturated rings. The summed E-state index contributed by atoms with van der Waals surface area (Å²) in [4.78, 5) is 34.7. The second-order valence-corrected chi connectivity index (χ2v) is 4.09. The molecule has 5 N–H and O–H groups in total. The van der Waals surface area contributed by atoms with Gasteiger partial charge in [0.15, 0.2) is 0 Å². The van der Waals surface area contributed by atoms with E-state index in [0.29, 0.717) is 13.0 Å². The number of rotatable bonds is 9. The summed E-state index contributed by atoms with van der Waals surface area (Å²) in [5, 5.41) is 19.8. The van der Waals surface area contributed by atoms with Crippen LogP contribution in [0.2, 0.25) is 0 Å². The summed E-state index contributed by atoms with van der Waals surface area (Å²) in [6, 6.07) is -1.86. The van der Waals surface area contributed by atoms with Gasteiger partial charge < -0.3 is 26.2 Å². The van der Waals surface area contributed by atoms with Crippen LogP contribution in [-0.4, -0.2) is 58.8 Å². The van der Waals surface area contributed by atoms with E-state index in [1.165, 1.54) is 4.90 Å². The zero-order valence-corrected chi connectivity index (χ0v) is 11.0. The molecule has 0 aliphatic heterocycles. The Balaban J connectivity index is 4.58. The van der Waals surface area contributed by atoms with Crippen molar-refractivity contribution in [1.29, 1.82) is 0 Å². The molecular weight excluding hydrogens is 254 g/mol. The second kappa shape index (κ2) is 9.15. The lowest BCUT2D eigenvalue weighted by molar-refractivity contribution is -0.139. The van der Waals surface area contributed by atoms with E-state index >= 15 is 0 Å². The van der Waals surface area contributed by atoms with Gasteiger partial charge >= 0.3 is 12.0 Å². The van der Waals surface area contributed by atoms with Gasteiger partial charge in [-0.2, -0.15) is 0 Å². The summed E-state index contributed by atoms with van der Waals surface area (Å²) in [6.07, 6.45) is 1.40. The quantitative estimate of drug-likeness (QED) is 0.433. The van der Waals surface area contributed by atoms with Gasteiger partial charge in [-0.05, 0) is 6.42 Å². The van der Waals surface area contributed by atoms with E-state index in [-0.39, 0.29) is 19.6 Å². The number of carboxylic acid groups (broad SMARTS) is 1. The normalized spacial score (nSPS) is 11.7. The molecule has 3 amide bonds. The number of aliphatic hydroxyl groups is 1. The summed E-state index contributed by atoms with van der Waals surface area (Å²) < 4.78 is 0. The van der Waals surface area contributed by atoms with Gasteiger partial charge in [0.2, 0.25) is 5.91 Å². The number of carbonyl (C=O) groups excluding carboxylic acids is 2. The number of nitrogens with one attached hydrogen (secondary N) is 1. The van der Waals surface area contributed by atoms with E-state index in [2.05, 4.69) is 5.32 Å². The molecule has 19 heavy (non-hydrogen) atoms. The smallest absolute Gasteiger partial charge is 0.326 e. The van der Waals surface area contributed by atoms with Gasteiger partial charge in [0, 0.05) is 19.6 Å². The molecule has 0 aromatic rings. The van der Waals surface area contributed by atoms with Crippen molar-refractivity contribution in [3.63, 3.8) is 0 Å². The Morgan fingerprint density at radius 1 is 1.37 bits per heavy atom. The standard InChI is InChI=1S/C11H21N3O5/c1-2-3-5-14(7-9(12)16)11(19)13-8(4-6-15)10(17)18/h8,15H,2-7H2,1H3,(H2,12,16)(H,13,19)(H,17,18). The van der Waals surface area contributed by atoms with Gasteiger partial charge in [0.1, 0.15) is 12.6 Å². The molecule has 0 aliphatic rings. The average molecular weight is 275 g/mol. The van der Waals surface area contributed by atoms with Gasteiger partial charge in [-0.25, -0.2) is 9.59 Å². The highest BCUT2D eigenvalue weighted by Crippen LogP contribution is 1.99. The topological polar surface area (TPSA) is 133 Å². The molecule has 0 rings (SSSR count). The Morgan fingerprint density at radius 2 is 2.00 bits per heavy atom. The number of aliphatic hydroxyl groups excluding tert-OH is 1. The lowest BCUT2D eigenvalue weighted by Crippen LogP contribution is -2.50. The molecule has 0 bridgehead atoms. The SMILES string of the molecule is CCCCN(CC(N)=O)C(=O)NC(CCO)C(=O)O. The minimum Gasteiger partial charge on any atom is -0.480 e. The molecule has 110 valence electrons. The first-order valence-electron chi connectivity index (χ1n) is 6.09. The van der Waals surface area contributed by atoms with Crippen LogP contribution in [0.4, 0.5) is 4.79 Å². The minimum absolute atomic E-state index is 0.0980. The molecule has 0 spiro atoms. The fourth-order valence-corrected chi connectivity index (χ4v) is 1.42. The third-order valence-corrected chi connectivity index (χ3v) is 2.43. The molecule has 1 atom stereocenters. The van der Waals surface area contributed by atoms with Crippen LogP contribution in [0.15, 0.2) is 0 Å². The summed E-state index contributed by atoms with van der Waals surface area (Å²) in [5.41, 5.74) is 5.04. The molecular formula is C11H21N3O5. The van der Waals surface area contributed by atoms with Crippen LogP contribution >= 0.6 is 0 Å². The predicted molar refractivity (Wildman–Crippen MR) is 67.3 cm³/mol. The molecule has 8 heteroatoms. The lowest BCUT2D eigenvalue weighted by Gasteiger charge is -2.23. The van der Waals surface area contributed by atoms with Crippen LogP contribution in [0, 0.1) is 0 Å². The number of aliphatic carboxylic acids is 1. The van der Waals surface area contributed by atoms with Gasteiger partial charge in [-0.3, -0.25) is 4.79 Å². The third kappa shape index (κ3) is 7.24. The van der Waals surface area contributed by atoms with Crippen molar-refractivity contribution in [2.75, 3.05) is 19.7 Å². The van der Waals surface area contributed by atoms with Crippen LogP contribution in [0.3, 0.4) is 0 Å². The Bertz CT molecular complexity index is 321. The Labute approximate surface area is 111 Å². The van der Waals surface area contributed by atoms with Crippen LogP contribution < -0.4 is 11.1 Å². The van der Waals surface area contributed by atoms with Crippen molar-refractivity contribution in [3.8, 4) is 0 Å². The van der Waals surface area contributed by atoms with Gasteiger partial charge in [-0.15, -0.1) is 0 Å². The fraction of sp³-hybridized carbons (Fsp3) is 0.727. The summed E-state index contributed by atoms with van der Waals surface area (Å²) in [5.74, 6) is -1.91. The molecule has 0 heterocycles. The van der Waals surface area contributed by atoms with Crippen LogP contribution in [-0.2, 0) is 9.59 Å². The number of hydrogen-bond donors (Lipinski definition) is 4. The highest BCUT2D eigenvalue weighted by molar-refractivity contribution is 5.86. The van der Waals surface area contributed by atoms with Crippen molar-refractivity contribution >= 4 is 17.9 Å². The number of carbonyl (C=O) groups is 3. The molecule has 0 aliphatic carbocycles. The number of amides is 3. The average Bonchev–Trinajstić information content (AvgIpc) is 2.33. The van der Waals surface area contributed by atoms with Crippen molar-refractivity contribution in [2.45, 2.75) is 32.2 Å². The molecule has 0 saturated heterocycles. The third-order valence-electron chi connectivity index (χ3n) is 2.43. The molecule has 0 saturated carbocycles. The number of nitrogens with two attached hydrogens (primary N) is 1. The van der Waals surface area contributed by atoms with E-state index in [1.807, 2.05) is 6.92 Å². The summed E-state index contributed by atoms with van der Waals surface area (Å²) in [6.45, 7) is 1.61. The molecule has 8 nitrogen and oxygen atoms in total. The minimum atomic E-state index is -1.24. The number of primary amides is 1. The molecule has 0 aromatic heterocycles. The first-order valence-corrected chi connectivity index (χ1v) is 6.09. The number of urea groups is 1. The van der Waals surface area contributed by atoms with Gasteiger partial charge in [0.25, 0.3) is 0 Å². The first-order chi connectivity index (χ1) is 8.92. The van der Waals surface area contributed by atoms with Crippen molar-refractivity contribution in [2.24, 2.45) is 5.73 Å². The van der Waals surface area contributed by atoms with Crippen LogP contribution in [0.5, 0.6) is 0 Å². The maximum Gasteiger partial charge on any atom is 0.326 e. The van der Waals surface area contributed by atoms with E-state index < -0.39 is 23.9 Å². The Hall–Kier alpha value is -1.83. The number of unbranched alkanes of at least 4 members (excludes halogenated alkanes) is 1. The van der Waals surface area contributed by atoms with Crippen LogP contribution in [0.25, 0.3) is 0 Å². The molecule has 0 radical (unpaired) electrons. The number of nitrogens with zero attached hydrogens (tertiary/aromatic N) is 1. The van der Waals surface area contributed by atoms with Crippen molar-refractivity contribution in [1.82, 2.24) is 10.2 Å². The maximum absolute atomic E-state index is 11.8. The highest BCUT2D eigenvalue weighted by Gasteiger charge is 2.23. The Kier molecular flexibility index (Phi) is 8.27. The van der Waals surface area contributed by atoms with Gasteiger partial charge in [-0.1, -0.05) is 13.3 Å². The summed E-state index contributed by atoms with van der Waals surface area (Å²) >= 11 is 0. The maximum atomic E-state index is 11.8. The molecule has 1 unspecified atom stereocenters. The van der Waals surface area contributed by atoms with E-state index in [4.69, 9.17) is 15.9 Å². The van der Waals surface area contributed by atoms with E-state index in [9.17, 15) is 14.4 Å². The van der Waals surface area contributed by atoms with E-state index in [1.54, 1.807) is 0 Å². The molecule has 0 aromatic carbocycles. The predicted octanol–water partition coefficient (Wildman–Crippen LogP) is -0.881. The van der Waals surface area contributed by atoms with Gasteiger partial charge in [0.05, 0.1) is 0 Å². The second-order valence-electron chi connectivity index (χ2n) is 4.09. The monoisotopic (exact) mass is 275 g/mol. The fourth-order valence-electron chi connectivity index (χ4n) is 1.42. The first kappa shape index (κ1) is 17.2. The summed E-state index contributed by atoms with van der Waals surface area (Å²) in [7, 11) is 0. The zero-order valence-electron chi connectivity index (χ0n) is 11.0. The largest absolute Gasteiger partial charge is 0.480 e. The highest BCUT2D eigenvalue weighted by atomic mass is 16.4. The van der Waals surface area contributed by atoms with Crippen molar-refractivity contribution in [3.05, 3.63) is 0 Å². The van der Waals surface area contributed by atoms with E-state index in [0.717, 1.165) is 6.42 Å². The number of hydrogen-bond acceptors (Lipinski definition) is 4. The zero-order chi connectivity index (χ0) is 14.8. The Morgan fingerprint density at radius 3 is 2.42 bits per heavy atom. The number of carboxylic acids is 1. The lowest BCUT2D eigenvalue weighted by atomic mass is 10.2.